The zero-order valence-electron chi connectivity index (χ0n) is 12.8. The van der Waals surface area contributed by atoms with E-state index in [4.69, 9.17) is 4.74 Å². The van der Waals surface area contributed by atoms with Gasteiger partial charge in [0.1, 0.15) is 5.69 Å². The third-order valence-corrected chi connectivity index (χ3v) is 3.40. The number of pyridine rings is 1. The second-order valence-corrected chi connectivity index (χ2v) is 5.51. The molecule has 1 aliphatic rings. The van der Waals surface area contributed by atoms with Gasteiger partial charge in [-0.2, -0.15) is 0 Å². The van der Waals surface area contributed by atoms with Gasteiger partial charge in [0.15, 0.2) is 0 Å². The summed E-state index contributed by atoms with van der Waals surface area (Å²) in [5.41, 5.74) is 1.35. The molecule has 6 heteroatoms. The highest BCUT2D eigenvalue weighted by molar-refractivity contribution is 5.92. The largest absolute Gasteiger partial charge is 0.381 e. The van der Waals surface area contributed by atoms with Crippen molar-refractivity contribution in [3.05, 3.63) is 24.0 Å². The number of ether oxygens (including phenoxy) is 1. The summed E-state index contributed by atoms with van der Waals surface area (Å²) >= 11 is 0. The van der Waals surface area contributed by atoms with Crippen molar-refractivity contribution < 1.29 is 9.53 Å². The van der Waals surface area contributed by atoms with Crippen LogP contribution < -0.4 is 10.6 Å². The van der Waals surface area contributed by atoms with Crippen molar-refractivity contribution in [2.24, 2.45) is 0 Å². The van der Waals surface area contributed by atoms with Gasteiger partial charge in [-0.05, 0) is 39.1 Å². The Hall–Kier alpha value is -1.66. The van der Waals surface area contributed by atoms with Crippen molar-refractivity contribution in [2.75, 3.05) is 45.7 Å². The number of hydrogen-bond donors (Lipinski definition) is 2. The first kappa shape index (κ1) is 15.7. The number of carbonyl (C=O) groups excluding carboxylic acids is 1. The third kappa shape index (κ3) is 5.32. The number of carbonyl (C=O) groups is 1. The number of nitrogens with one attached hydrogen (secondary N) is 2. The molecule has 0 aromatic carbocycles. The standard InChI is InChI=1S/C15H24N4O2/c1-19(2)8-7-16-15(20)14-6-5-12(10-18-14)17-11-13-4-3-9-21-13/h5-6,10,13,17H,3-4,7-9,11H2,1-2H3,(H,16,20). The SMILES string of the molecule is CN(C)CCNC(=O)c1ccc(NCC2CCCO2)cn1. The predicted molar refractivity (Wildman–Crippen MR) is 82.6 cm³/mol. The topological polar surface area (TPSA) is 66.5 Å². The van der Waals surface area contributed by atoms with Crippen molar-refractivity contribution in [1.82, 2.24) is 15.2 Å². The highest BCUT2D eigenvalue weighted by Crippen LogP contribution is 2.13. The molecule has 2 heterocycles. The third-order valence-electron chi connectivity index (χ3n) is 3.40. The van der Waals surface area contributed by atoms with E-state index < -0.39 is 0 Å². The Bertz CT molecular complexity index is 441. The number of anilines is 1. The van der Waals surface area contributed by atoms with E-state index >= 15 is 0 Å². The molecule has 0 saturated carbocycles. The van der Waals surface area contributed by atoms with E-state index in [1.54, 1.807) is 12.3 Å². The van der Waals surface area contributed by atoms with Crippen LogP contribution in [0.4, 0.5) is 5.69 Å². The fourth-order valence-corrected chi connectivity index (χ4v) is 2.15. The minimum atomic E-state index is -0.137. The first-order chi connectivity index (χ1) is 10.1. The first-order valence-corrected chi connectivity index (χ1v) is 7.39. The Kier molecular flexibility index (Phi) is 5.95. The number of nitrogens with zero attached hydrogens (tertiary/aromatic N) is 2. The monoisotopic (exact) mass is 292 g/mol. The molecule has 1 saturated heterocycles. The number of hydrogen-bond acceptors (Lipinski definition) is 5. The summed E-state index contributed by atoms with van der Waals surface area (Å²) in [6.07, 6.45) is 4.22. The first-order valence-electron chi connectivity index (χ1n) is 7.39. The lowest BCUT2D eigenvalue weighted by Crippen LogP contribution is -2.31. The Labute approximate surface area is 125 Å². The fraction of sp³-hybridized carbons (Fsp3) is 0.600. The summed E-state index contributed by atoms with van der Waals surface area (Å²) in [7, 11) is 3.94. The van der Waals surface area contributed by atoms with Crippen molar-refractivity contribution in [2.45, 2.75) is 18.9 Å². The van der Waals surface area contributed by atoms with Gasteiger partial charge in [0, 0.05) is 26.2 Å². The van der Waals surface area contributed by atoms with Crippen LogP contribution in [0.5, 0.6) is 0 Å². The molecule has 6 nitrogen and oxygen atoms in total. The fourth-order valence-electron chi connectivity index (χ4n) is 2.15. The van der Waals surface area contributed by atoms with Crippen molar-refractivity contribution in [1.29, 1.82) is 0 Å². The van der Waals surface area contributed by atoms with Crippen LogP contribution in [0, 0.1) is 0 Å². The molecule has 0 aliphatic carbocycles. The molecule has 1 amide bonds. The molecule has 2 rings (SSSR count). The van der Waals surface area contributed by atoms with Crippen LogP contribution in [0.1, 0.15) is 23.3 Å². The van der Waals surface area contributed by atoms with Gasteiger partial charge in [-0.1, -0.05) is 0 Å². The second kappa shape index (κ2) is 7.95. The lowest BCUT2D eigenvalue weighted by Gasteiger charge is -2.12. The maximum atomic E-state index is 11.9. The Morgan fingerprint density at radius 1 is 1.48 bits per heavy atom. The molecular formula is C15H24N4O2. The number of likely N-dealkylation sites (N-methyl/N-ethyl adjacent to an activating group) is 1. The van der Waals surface area contributed by atoms with Gasteiger partial charge in [0.05, 0.1) is 18.0 Å². The smallest absolute Gasteiger partial charge is 0.269 e. The number of aromatic nitrogens is 1. The van der Waals surface area contributed by atoms with Crippen LogP contribution in [0.15, 0.2) is 18.3 Å². The molecule has 0 spiro atoms. The summed E-state index contributed by atoms with van der Waals surface area (Å²) < 4.78 is 5.55. The predicted octanol–water partition coefficient (Wildman–Crippen LogP) is 0.964. The summed E-state index contributed by atoms with van der Waals surface area (Å²) in [4.78, 5) is 18.1. The molecule has 2 N–H and O–H groups in total. The van der Waals surface area contributed by atoms with Crippen molar-refractivity contribution >= 4 is 11.6 Å². The van der Waals surface area contributed by atoms with Gasteiger partial charge in [-0.3, -0.25) is 4.79 Å². The van der Waals surface area contributed by atoms with Crippen molar-refractivity contribution in [3.63, 3.8) is 0 Å². The lowest BCUT2D eigenvalue weighted by molar-refractivity contribution is 0.0946. The quantitative estimate of drug-likeness (QED) is 0.784. The van der Waals surface area contributed by atoms with E-state index in [1.807, 2.05) is 25.1 Å². The lowest BCUT2D eigenvalue weighted by atomic mass is 10.2. The van der Waals surface area contributed by atoms with Crippen LogP contribution in [0.25, 0.3) is 0 Å². The molecule has 1 atom stereocenters. The highest BCUT2D eigenvalue weighted by Gasteiger charge is 2.15. The van der Waals surface area contributed by atoms with E-state index in [1.165, 1.54) is 0 Å². The Balaban J connectivity index is 1.76. The maximum Gasteiger partial charge on any atom is 0.269 e. The Morgan fingerprint density at radius 3 is 2.95 bits per heavy atom. The molecule has 0 radical (unpaired) electrons. The Morgan fingerprint density at radius 2 is 2.33 bits per heavy atom. The van der Waals surface area contributed by atoms with Gasteiger partial charge >= 0.3 is 0 Å². The van der Waals surface area contributed by atoms with Crippen LogP contribution >= 0.6 is 0 Å². The molecule has 1 unspecified atom stereocenters. The number of rotatable bonds is 7. The molecule has 1 aliphatic heterocycles. The molecule has 1 fully saturated rings. The zero-order chi connectivity index (χ0) is 15.1. The van der Waals surface area contributed by atoms with Gasteiger partial charge in [-0.25, -0.2) is 4.98 Å². The number of amides is 1. The van der Waals surface area contributed by atoms with Crippen LogP contribution in [0.2, 0.25) is 0 Å². The summed E-state index contributed by atoms with van der Waals surface area (Å²) in [6, 6.07) is 3.62. The normalized spacial score (nSPS) is 18.0. The van der Waals surface area contributed by atoms with Crippen LogP contribution in [0.3, 0.4) is 0 Å². The molecule has 21 heavy (non-hydrogen) atoms. The summed E-state index contributed by atoms with van der Waals surface area (Å²) in [5, 5.41) is 6.13. The average Bonchev–Trinajstić information content (AvgIpc) is 2.98. The highest BCUT2D eigenvalue weighted by atomic mass is 16.5. The molecule has 1 aromatic rings. The van der Waals surface area contributed by atoms with Gasteiger partial charge < -0.3 is 20.3 Å². The minimum Gasteiger partial charge on any atom is -0.381 e. The minimum absolute atomic E-state index is 0.137. The molecule has 0 bridgehead atoms. The van der Waals surface area contributed by atoms with E-state index in [0.29, 0.717) is 18.3 Å². The van der Waals surface area contributed by atoms with Crippen LogP contribution in [-0.2, 0) is 4.74 Å². The van der Waals surface area contributed by atoms with E-state index in [9.17, 15) is 4.79 Å². The van der Waals surface area contributed by atoms with E-state index in [0.717, 1.165) is 38.2 Å². The maximum absolute atomic E-state index is 11.9. The van der Waals surface area contributed by atoms with E-state index in [-0.39, 0.29) is 5.91 Å². The van der Waals surface area contributed by atoms with Gasteiger partial charge in [0.25, 0.3) is 5.91 Å². The van der Waals surface area contributed by atoms with E-state index in [2.05, 4.69) is 15.6 Å². The molecule has 116 valence electrons. The summed E-state index contributed by atoms with van der Waals surface area (Å²) in [6.45, 7) is 3.08. The van der Waals surface area contributed by atoms with Crippen molar-refractivity contribution in [3.8, 4) is 0 Å². The van der Waals surface area contributed by atoms with Crippen LogP contribution in [-0.4, -0.2) is 62.2 Å². The zero-order valence-corrected chi connectivity index (χ0v) is 12.8. The van der Waals surface area contributed by atoms with Gasteiger partial charge in [0.2, 0.25) is 0 Å². The molecule has 1 aromatic heterocycles. The van der Waals surface area contributed by atoms with Gasteiger partial charge in [-0.15, -0.1) is 0 Å². The summed E-state index contributed by atoms with van der Waals surface area (Å²) in [5.74, 6) is -0.137. The molecular weight excluding hydrogens is 268 g/mol. The average molecular weight is 292 g/mol. The second-order valence-electron chi connectivity index (χ2n) is 5.51.